The lowest BCUT2D eigenvalue weighted by molar-refractivity contribution is 0.335. The SMILES string of the molecule is C=CCOc1ccc(-c2ccc(-c3ccc(C=CCCCC(C)F)cn3)cc2)cc1. The normalized spacial score (nSPS) is 12.1. The fourth-order valence-corrected chi connectivity index (χ4v) is 3.14. The summed E-state index contributed by atoms with van der Waals surface area (Å²) in [6, 6.07) is 20.5. The number of hydrogen-bond donors (Lipinski definition) is 0. The minimum Gasteiger partial charge on any atom is -0.490 e. The van der Waals surface area contributed by atoms with Crippen molar-refractivity contribution in [1.82, 2.24) is 4.98 Å². The molecule has 1 aromatic heterocycles. The Bertz CT molecular complexity index is 942. The lowest BCUT2D eigenvalue weighted by Gasteiger charge is -2.07. The van der Waals surface area contributed by atoms with E-state index in [1.165, 1.54) is 0 Å². The summed E-state index contributed by atoms with van der Waals surface area (Å²) in [4.78, 5) is 4.58. The van der Waals surface area contributed by atoms with E-state index in [2.05, 4.69) is 60.1 Å². The molecule has 2 aromatic carbocycles. The minimum atomic E-state index is -0.721. The van der Waals surface area contributed by atoms with Gasteiger partial charge in [-0.1, -0.05) is 67.3 Å². The Kier molecular flexibility index (Phi) is 7.96. The first-order valence-electron chi connectivity index (χ1n) is 10.4. The van der Waals surface area contributed by atoms with Crippen LogP contribution in [0.15, 0.2) is 85.6 Å². The first-order chi connectivity index (χ1) is 14.7. The number of halogens is 1. The molecule has 0 N–H and O–H groups in total. The number of pyridine rings is 1. The second kappa shape index (κ2) is 11.1. The number of nitrogens with zero attached hydrogens (tertiary/aromatic N) is 1. The number of ether oxygens (including phenoxy) is 1. The highest BCUT2D eigenvalue weighted by molar-refractivity contribution is 5.69. The first-order valence-corrected chi connectivity index (χ1v) is 10.4. The number of alkyl halides is 1. The quantitative estimate of drug-likeness (QED) is 0.259. The monoisotopic (exact) mass is 401 g/mol. The van der Waals surface area contributed by atoms with Gasteiger partial charge in [0.1, 0.15) is 12.4 Å². The van der Waals surface area contributed by atoms with Crippen LogP contribution in [0.1, 0.15) is 31.7 Å². The van der Waals surface area contributed by atoms with Crippen molar-refractivity contribution in [3.63, 3.8) is 0 Å². The van der Waals surface area contributed by atoms with Gasteiger partial charge in [0.25, 0.3) is 0 Å². The Morgan fingerprint density at radius 2 is 1.63 bits per heavy atom. The second-order valence-corrected chi connectivity index (χ2v) is 7.29. The zero-order valence-corrected chi connectivity index (χ0v) is 17.4. The summed E-state index contributed by atoms with van der Waals surface area (Å²) < 4.78 is 18.3. The van der Waals surface area contributed by atoms with Gasteiger partial charge < -0.3 is 4.74 Å². The van der Waals surface area contributed by atoms with E-state index in [4.69, 9.17) is 4.74 Å². The lowest BCUT2D eigenvalue weighted by Crippen LogP contribution is -1.92. The maximum Gasteiger partial charge on any atom is 0.119 e. The smallest absolute Gasteiger partial charge is 0.119 e. The van der Waals surface area contributed by atoms with Gasteiger partial charge in [0.05, 0.1) is 11.9 Å². The maximum atomic E-state index is 12.8. The van der Waals surface area contributed by atoms with Crippen molar-refractivity contribution in [3.8, 4) is 28.1 Å². The van der Waals surface area contributed by atoms with E-state index < -0.39 is 6.17 Å². The molecule has 1 unspecified atom stereocenters. The van der Waals surface area contributed by atoms with Crippen LogP contribution in [0.5, 0.6) is 5.75 Å². The van der Waals surface area contributed by atoms with Gasteiger partial charge in [-0.25, -0.2) is 4.39 Å². The molecule has 0 fully saturated rings. The van der Waals surface area contributed by atoms with Gasteiger partial charge in [0, 0.05) is 11.8 Å². The van der Waals surface area contributed by atoms with Crippen molar-refractivity contribution in [2.24, 2.45) is 0 Å². The van der Waals surface area contributed by atoms with Crippen molar-refractivity contribution in [2.75, 3.05) is 6.61 Å². The third-order valence-corrected chi connectivity index (χ3v) is 4.81. The van der Waals surface area contributed by atoms with E-state index in [-0.39, 0.29) is 0 Å². The van der Waals surface area contributed by atoms with Gasteiger partial charge in [-0.2, -0.15) is 0 Å². The summed E-state index contributed by atoms with van der Waals surface area (Å²) in [6.45, 7) is 5.77. The molecule has 0 aliphatic carbocycles. The molecule has 0 radical (unpaired) electrons. The largest absolute Gasteiger partial charge is 0.490 e. The summed E-state index contributed by atoms with van der Waals surface area (Å²) >= 11 is 0. The molecule has 0 aliphatic heterocycles. The highest BCUT2D eigenvalue weighted by Crippen LogP contribution is 2.26. The molecule has 3 rings (SSSR count). The minimum absolute atomic E-state index is 0.508. The Labute approximate surface area is 178 Å². The second-order valence-electron chi connectivity index (χ2n) is 7.29. The van der Waals surface area contributed by atoms with Gasteiger partial charge >= 0.3 is 0 Å². The molecule has 3 aromatic rings. The maximum absolute atomic E-state index is 12.8. The van der Waals surface area contributed by atoms with Crippen LogP contribution < -0.4 is 4.74 Å². The summed E-state index contributed by atoms with van der Waals surface area (Å²) in [7, 11) is 0. The van der Waals surface area contributed by atoms with Crippen molar-refractivity contribution in [1.29, 1.82) is 0 Å². The van der Waals surface area contributed by atoms with Crippen molar-refractivity contribution >= 4 is 6.08 Å². The predicted octanol–water partition coefficient (Wildman–Crippen LogP) is 7.52. The Morgan fingerprint density at radius 1 is 0.967 bits per heavy atom. The van der Waals surface area contributed by atoms with Crippen LogP contribution in [0, 0.1) is 0 Å². The van der Waals surface area contributed by atoms with Gasteiger partial charge in [0.2, 0.25) is 0 Å². The van der Waals surface area contributed by atoms with Gasteiger partial charge in [-0.15, -0.1) is 0 Å². The van der Waals surface area contributed by atoms with Crippen LogP contribution in [0.3, 0.4) is 0 Å². The van der Waals surface area contributed by atoms with Crippen LogP contribution in [0.25, 0.3) is 28.5 Å². The predicted molar refractivity (Wildman–Crippen MR) is 124 cm³/mol. The number of allylic oxidation sites excluding steroid dienone is 1. The highest BCUT2D eigenvalue weighted by Gasteiger charge is 2.02. The van der Waals surface area contributed by atoms with Crippen LogP contribution in [-0.4, -0.2) is 17.8 Å². The number of rotatable bonds is 10. The molecular formula is C27H28FNO. The third-order valence-electron chi connectivity index (χ3n) is 4.81. The molecule has 0 amide bonds. The van der Waals surface area contributed by atoms with E-state index in [0.717, 1.165) is 46.5 Å². The average Bonchev–Trinajstić information content (AvgIpc) is 2.78. The summed E-state index contributed by atoms with van der Waals surface area (Å²) in [6.07, 6.45) is 9.40. The summed E-state index contributed by atoms with van der Waals surface area (Å²) in [5.74, 6) is 0.839. The Morgan fingerprint density at radius 3 is 2.23 bits per heavy atom. The fraction of sp³-hybridized carbons (Fsp3) is 0.222. The highest BCUT2D eigenvalue weighted by atomic mass is 19.1. The summed E-state index contributed by atoms with van der Waals surface area (Å²) in [5.41, 5.74) is 5.37. The van der Waals surface area contributed by atoms with Gasteiger partial charge in [-0.3, -0.25) is 4.98 Å². The van der Waals surface area contributed by atoms with Crippen molar-refractivity contribution < 1.29 is 9.13 Å². The van der Waals surface area contributed by atoms with Crippen molar-refractivity contribution in [3.05, 3.63) is 91.2 Å². The first kappa shape index (κ1) is 21.5. The van der Waals surface area contributed by atoms with Crippen LogP contribution in [0.2, 0.25) is 0 Å². The Balaban J connectivity index is 1.60. The molecule has 0 saturated heterocycles. The van der Waals surface area contributed by atoms with Gasteiger partial charge in [0.15, 0.2) is 0 Å². The average molecular weight is 402 g/mol. The van der Waals surface area contributed by atoms with Gasteiger partial charge in [-0.05, 0) is 61.1 Å². The number of unbranched alkanes of at least 4 members (excludes halogenated alkanes) is 1. The number of aromatic nitrogens is 1. The van der Waals surface area contributed by atoms with E-state index in [0.29, 0.717) is 13.0 Å². The summed E-state index contributed by atoms with van der Waals surface area (Å²) in [5, 5.41) is 0. The third kappa shape index (κ3) is 6.41. The standard InChI is InChI=1S/C27H28FNO/c1-3-19-30-26-16-14-24(15-17-26)23-10-12-25(13-11-23)27-18-9-22(20-29-27)8-6-4-5-7-21(2)28/h3,6,8-18,20-21H,1,4-5,7,19H2,2H3. The van der Waals surface area contributed by atoms with E-state index in [1.54, 1.807) is 13.0 Å². The molecule has 0 saturated carbocycles. The lowest BCUT2D eigenvalue weighted by atomic mass is 10.0. The van der Waals surface area contributed by atoms with E-state index in [1.807, 2.05) is 30.5 Å². The molecule has 1 atom stereocenters. The van der Waals surface area contributed by atoms with Crippen molar-refractivity contribution in [2.45, 2.75) is 32.4 Å². The van der Waals surface area contributed by atoms with E-state index >= 15 is 0 Å². The van der Waals surface area contributed by atoms with E-state index in [9.17, 15) is 4.39 Å². The Hall–Kier alpha value is -3.20. The fourth-order valence-electron chi connectivity index (χ4n) is 3.14. The molecule has 30 heavy (non-hydrogen) atoms. The zero-order valence-electron chi connectivity index (χ0n) is 17.4. The number of hydrogen-bond acceptors (Lipinski definition) is 2. The van der Waals surface area contributed by atoms with Crippen LogP contribution in [0.4, 0.5) is 4.39 Å². The molecule has 2 nitrogen and oxygen atoms in total. The number of benzene rings is 2. The molecule has 0 aliphatic rings. The molecule has 3 heteroatoms. The molecule has 0 spiro atoms. The molecular weight excluding hydrogens is 373 g/mol. The molecule has 0 bridgehead atoms. The molecule has 154 valence electrons. The van der Waals surface area contributed by atoms with Crippen LogP contribution >= 0.6 is 0 Å². The van der Waals surface area contributed by atoms with Crippen LogP contribution in [-0.2, 0) is 0 Å². The molecule has 1 heterocycles. The topological polar surface area (TPSA) is 22.1 Å². The zero-order chi connectivity index (χ0) is 21.2.